The standard InChI is InChI=1S/C6H3BrN5/c7-4-1-2-5(8-3-4)6-9-11-12-10-6/h1-3H. The Labute approximate surface area is 76.7 Å². The van der Waals surface area contributed by atoms with E-state index in [1.807, 2.05) is 6.07 Å². The van der Waals surface area contributed by atoms with Crippen LogP contribution >= 0.6 is 15.9 Å². The van der Waals surface area contributed by atoms with Gasteiger partial charge in [-0.3, -0.25) is 4.98 Å². The quantitative estimate of drug-likeness (QED) is 0.713. The van der Waals surface area contributed by atoms with E-state index in [0.717, 1.165) is 4.47 Å². The molecule has 1 aromatic heterocycles. The van der Waals surface area contributed by atoms with Crippen LogP contribution in [0.4, 0.5) is 0 Å². The molecule has 0 unspecified atom stereocenters. The Morgan fingerprint density at radius 1 is 1.25 bits per heavy atom. The molecule has 0 aliphatic carbocycles. The monoisotopic (exact) mass is 224 g/mol. The lowest BCUT2D eigenvalue weighted by atomic mass is 10.3. The minimum absolute atomic E-state index is 0.447. The van der Waals surface area contributed by atoms with Crippen molar-refractivity contribution in [2.24, 2.45) is 15.4 Å². The van der Waals surface area contributed by atoms with Gasteiger partial charge >= 0.3 is 0 Å². The first kappa shape index (κ1) is 7.35. The Kier molecular flexibility index (Phi) is 1.83. The van der Waals surface area contributed by atoms with Crippen molar-refractivity contribution in [1.82, 2.24) is 10.5 Å². The van der Waals surface area contributed by atoms with Gasteiger partial charge in [0, 0.05) is 10.7 Å². The molecule has 0 bridgehead atoms. The molecule has 0 saturated carbocycles. The summed E-state index contributed by atoms with van der Waals surface area (Å²) in [4.78, 5) is 4.07. The molecule has 2 heterocycles. The number of amidine groups is 1. The lowest BCUT2D eigenvalue weighted by Gasteiger charge is -1.92. The van der Waals surface area contributed by atoms with Crippen LogP contribution in [-0.2, 0) is 0 Å². The molecule has 12 heavy (non-hydrogen) atoms. The average Bonchev–Trinajstić information content (AvgIpc) is 2.58. The molecule has 59 valence electrons. The third kappa shape index (κ3) is 1.33. The zero-order valence-electron chi connectivity index (χ0n) is 5.85. The van der Waals surface area contributed by atoms with Gasteiger partial charge in [-0.05, 0) is 38.8 Å². The van der Waals surface area contributed by atoms with Gasteiger partial charge in [-0.25, -0.2) is 0 Å². The van der Waals surface area contributed by atoms with Crippen LogP contribution in [0.5, 0.6) is 0 Å². The molecule has 0 fully saturated rings. The van der Waals surface area contributed by atoms with Gasteiger partial charge in [0.2, 0.25) is 5.84 Å². The van der Waals surface area contributed by atoms with E-state index in [0.29, 0.717) is 11.5 Å². The van der Waals surface area contributed by atoms with Crippen LogP contribution in [0.1, 0.15) is 5.69 Å². The highest BCUT2D eigenvalue weighted by Gasteiger charge is 2.08. The first-order valence-corrected chi connectivity index (χ1v) is 3.96. The van der Waals surface area contributed by atoms with Gasteiger partial charge in [-0.2, -0.15) is 0 Å². The number of hydrogen-bond donors (Lipinski definition) is 0. The van der Waals surface area contributed by atoms with E-state index in [1.165, 1.54) is 0 Å². The van der Waals surface area contributed by atoms with Crippen molar-refractivity contribution in [2.75, 3.05) is 0 Å². The van der Waals surface area contributed by atoms with E-state index in [9.17, 15) is 0 Å². The summed E-state index contributed by atoms with van der Waals surface area (Å²) in [7, 11) is 0. The third-order valence-corrected chi connectivity index (χ3v) is 1.74. The smallest absolute Gasteiger partial charge is 0.225 e. The number of nitrogens with zero attached hydrogens (tertiary/aromatic N) is 5. The second-order valence-corrected chi connectivity index (χ2v) is 2.98. The predicted molar refractivity (Wildman–Crippen MR) is 45.5 cm³/mol. The van der Waals surface area contributed by atoms with Crippen molar-refractivity contribution in [1.29, 1.82) is 0 Å². The molecule has 0 saturated heterocycles. The van der Waals surface area contributed by atoms with E-state index in [1.54, 1.807) is 12.3 Å². The number of hydrogen-bond acceptors (Lipinski definition) is 4. The maximum Gasteiger partial charge on any atom is 0.225 e. The lowest BCUT2D eigenvalue weighted by Crippen LogP contribution is -1.97. The van der Waals surface area contributed by atoms with Crippen molar-refractivity contribution in [3.05, 3.63) is 28.5 Å². The fourth-order valence-corrected chi connectivity index (χ4v) is 0.990. The maximum absolute atomic E-state index is 4.07. The zero-order valence-corrected chi connectivity index (χ0v) is 7.43. The predicted octanol–water partition coefficient (Wildman–Crippen LogP) is 1.49. The largest absolute Gasteiger partial charge is 0.252 e. The Morgan fingerprint density at radius 3 is 2.75 bits per heavy atom. The molecular weight excluding hydrogens is 222 g/mol. The molecule has 0 N–H and O–H groups in total. The molecule has 1 aliphatic rings. The van der Waals surface area contributed by atoms with Gasteiger partial charge in [-0.1, -0.05) is 0 Å². The number of aromatic nitrogens is 1. The minimum Gasteiger partial charge on any atom is -0.252 e. The van der Waals surface area contributed by atoms with E-state index in [2.05, 4.69) is 41.9 Å². The van der Waals surface area contributed by atoms with Crippen LogP contribution in [0, 0.1) is 0 Å². The topological polar surface area (TPSA) is 64.1 Å². The van der Waals surface area contributed by atoms with Crippen LogP contribution < -0.4 is 5.53 Å². The van der Waals surface area contributed by atoms with Crippen molar-refractivity contribution in [3.63, 3.8) is 0 Å². The summed E-state index contributed by atoms with van der Waals surface area (Å²) in [6.45, 7) is 0. The second-order valence-electron chi connectivity index (χ2n) is 2.06. The summed E-state index contributed by atoms with van der Waals surface area (Å²) in [5, 5.41) is 10.7. The Bertz CT molecular complexity index is 341. The summed E-state index contributed by atoms with van der Waals surface area (Å²) in [5.41, 5.74) is 4.03. The SMILES string of the molecule is Brc1ccc(C2=N[N]N=N2)nc1. The summed E-state index contributed by atoms with van der Waals surface area (Å²) in [5.74, 6) is 0.447. The van der Waals surface area contributed by atoms with E-state index in [-0.39, 0.29) is 0 Å². The Morgan fingerprint density at radius 2 is 2.17 bits per heavy atom. The molecule has 6 heteroatoms. The first-order valence-electron chi connectivity index (χ1n) is 3.17. The molecule has 1 radical (unpaired) electrons. The molecule has 1 aliphatic heterocycles. The van der Waals surface area contributed by atoms with Gasteiger partial charge < -0.3 is 0 Å². The molecule has 0 atom stereocenters. The van der Waals surface area contributed by atoms with Crippen LogP contribution in [0.25, 0.3) is 0 Å². The van der Waals surface area contributed by atoms with Crippen LogP contribution in [0.3, 0.4) is 0 Å². The molecule has 0 spiro atoms. The fraction of sp³-hybridized carbons (Fsp3) is 0. The number of pyridine rings is 1. The fourth-order valence-electron chi connectivity index (χ4n) is 0.755. The highest BCUT2D eigenvalue weighted by molar-refractivity contribution is 9.10. The van der Waals surface area contributed by atoms with Crippen molar-refractivity contribution < 1.29 is 0 Å². The molecule has 2 rings (SSSR count). The van der Waals surface area contributed by atoms with Crippen molar-refractivity contribution in [3.8, 4) is 0 Å². The summed E-state index contributed by atoms with van der Waals surface area (Å²) < 4.78 is 0.915. The lowest BCUT2D eigenvalue weighted by molar-refractivity contribution is 0.780. The van der Waals surface area contributed by atoms with Crippen LogP contribution in [0.2, 0.25) is 0 Å². The molecular formula is C6H3BrN5. The van der Waals surface area contributed by atoms with E-state index in [4.69, 9.17) is 0 Å². The minimum atomic E-state index is 0.447. The van der Waals surface area contributed by atoms with Gasteiger partial charge in [0.15, 0.2) is 0 Å². The van der Waals surface area contributed by atoms with Gasteiger partial charge in [-0.15, -0.1) is 10.2 Å². The average molecular weight is 225 g/mol. The molecule has 0 amide bonds. The maximum atomic E-state index is 4.07. The highest BCUT2D eigenvalue weighted by Crippen LogP contribution is 2.09. The van der Waals surface area contributed by atoms with Crippen LogP contribution in [0.15, 0.2) is 38.2 Å². The van der Waals surface area contributed by atoms with E-state index >= 15 is 0 Å². The number of halogens is 1. The Hall–Kier alpha value is -1.30. The van der Waals surface area contributed by atoms with Crippen molar-refractivity contribution >= 4 is 21.8 Å². The summed E-state index contributed by atoms with van der Waals surface area (Å²) >= 11 is 3.27. The summed E-state index contributed by atoms with van der Waals surface area (Å²) in [6.07, 6.45) is 1.67. The van der Waals surface area contributed by atoms with Crippen LogP contribution in [-0.4, -0.2) is 10.8 Å². The van der Waals surface area contributed by atoms with Gasteiger partial charge in [0.05, 0.1) is 0 Å². The first-order chi connectivity index (χ1) is 5.86. The Balaban J connectivity index is 2.35. The van der Waals surface area contributed by atoms with Gasteiger partial charge in [0.1, 0.15) is 5.69 Å². The van der Waals surface area contributed by atoms with E-state index < -0.39 is 0 Å². The second kappa shape index (κ2) is 2.98. The normalized spacial score (nSPS) is 14.2. The molecule has 1 aromatic rings. The molecule has 5 nitrogen and oxygen atoms in total. The third-order valence-electron chi connectivity index (χ3n) is 1.28. The highest BCUT2D eigenvalue weighted by atomic mass is 79.9. The van der Waals surface area contributed by atoms with Crippen molar-refractivity contribution in [2.45, 2.75) is 0 Å². The number of rotatable bonds is 1. The zero-order chi connectivity index (χ0) is 8.39. The van der Waals surface area contributed by atoms with Gasteiger partial charge in [0.25, 0.3) is 0 Å². The summed E-state index contributed by atoms with van der Waals surface area (Å²) in [6, 6.07) is 3.65. The molecule has 0 aromatic carbocycles.